The first-order chi connectivity index (χ1) is 12.4. The number of amides is 2. The van der Waals surface area contributed by atoms with E-state index in [0.29, 0.717) is 11.6 Å². The number of hydrogen-bond acceptors (Lipinski definition) is 6. The van der Waals surface area contributed by atoms with Crippen molar-refractivity contribution < 1.29 is 23.9 Å². The van der Waals surface area contributed by atoms with Gasteiger partial charge in [0.25, 0.3) is 0 Å². The zero-order valence-electron chi connectivity index (χ0n) is 14.4. The van der Waals surface area contributed by atoms with E-state index in [1.807, 2.05) is 6.92 Å². The molecule has 1 saturated heterocycles. The van der Waals surface area contributed by atoms with Gasteiger partial charge in [0.05, 0.1) is 18.1 Å². The number of ether oxygens (including phenoxy) is 2. The van der Waals surface area contributed by atoms with Gasteiger partial charge >= 0.3 is 5.97 Å². The van der Waals surface area contributed by atoms with Crippen LogP contribution < -0.4 is 4.74 Å². The molecule has 0 unspecified atom stereocenters. The molecule has 0 atom stereocenters. The molecule has 0 bridgehead atoms. The summed E-state index contributed by atoms with van der Waals surface area (Å²) in [7, 11) is 0. The quantitative estimate of drug-likeness (QED) is 0.490. The summed E-state index contributed by atoms with van der Waals surface area (Å²) in [5.41, 5.74) is 0. The highest BCUT2D eigenvalue weighted by Crippen LogP contribution is 2.27. The number of piperazine rings is 1. The van der Waals surface area contributed by atoms with Crippen molar-refractivity contribution in [3.05, 3.63) is 28.2 Å². The molecule has 1 aliphatic rings. The summed E-state index contributed by atoms with van der Waals surface area (Å²) in [4.78, 5) is 38.6. The third-order valence-electron chi connectivity index (χ3n) is 3.74. The van der Waals surface area contributed by atoms with Gasteiger partial charge in [-0.15, -0.1) is 0 Å². The van der Waals surface area contributed by atoms with Gasteiger partial charge in [-0.05, 0) is 31.2 Å². The maximum absolute atomic E-state index is 12.1. The van der Waals surface area contributed by atoms with Crippen molar-refractivity contribution in [1.82, 2.24) is 9.80 Å². The number of rotatable bonds is 8. The predicted molar refractivity (Wildman–Crippen MR) is 96.1 cm³/mol. The summed E-state index contributed by atoms with van der Waals surface area (Å²) < 4.78 is 10.2. The molecule has 0 N–H and O–H groups in total. The molecule has 7 nitrogen and oxygen atoms in total. The van der Waals surface area contributed by atoms with E-state index in [4.69, 9.17) is 32.7 Å². The van der Waals surface area contributed by atoms with Crippen LogP contribution in [-0.2, 0) is 19.1 Å². The predicted octanol–water partition coefficient (Wildman–Crippen LogP) is 2.34. The van der Waals surface area contributed by atoms with Crippen molar-refractivity contribution in [3.63, 3.8) is 0 Å². The molecular formula is C17H20Cl2N2O5. The lowest BCUT2D eigenvalue weighted by molar-refractivity contribution is -0.164. The van der Waals surface area contributed by atoms with E-state index < -0.39 is 19.3 Å². The number of unbranched alkanes of at least 4 members (excludes halogenated alkanes) is 1. The molecule has 0 aromatic heterocycles. The molecule has 26 heavy (non-hydrogen) atoms. The molecule has 1 fully saturated rings. The van der Waals surface area contributed by atoms with Gasteiger partial charge < -0.3 is 9.47 Å². The van der Waals surface area contributed by atoms with Gasteiger partial charge in [0.1, 0.15) is 5.75 Å². The highest BCUT2D eigenvalue weighted by molar-refractivity contribution is 6.35. The van der Waals surface area contributed by atoms with Crippen LogP contribution in [0.3, 0.4) is 0 Å². The third-order valence-corrected chi connectivity index (χ3v) is 4.27. The van der Waals surface area contributed by atoms with Gasteiger partial charge in [-0.1, -0.05) is 36.5 Å². The lowest BCUT2D eigenvalue weighted by Gasteiger charge is -2.31. The van der Waals surface area contributed by atoms with Gasteiger partial charge in [-0.3, -0.25) is 14.5 Å². The largest absolute Gasteiger partial charge is 0.480 e. The Morgan fingerprint density at radius 1 is 1.19 bits per heavy atom. The van der Waals surface area contributed by atoms with Crippen molar-refractivity contribution in [1.29, 1.82) is 0 Å². The number of carbonyl (C=O) groups excluding carboxylic acids is 3. The topological polar surface area (TPSA) is 76.2 Å². The van der Waals surface area contributed by atoms with E-state index in [2.05, 4.69) is 0 Å². The lowest BCUT2D eigenvalue weighted by atomic mass is 10.2. The number of hydrogen-bond donors (Lipinski definition) is 0. The second-order valence-corrected chi connectivity index (χ2v) is 6.63. The summed E-state index contributed by atoms with van der Waals surface area (Å²) in [5, 5.41) is 0.707. The number of nitrogens with zero attached hydrogens (tertiary/aromatic N) is 2. The van der Waals surface area contributed by atoms with Crippen molar-refractivity contribution in [2.45, 2.75) is 19.8 Å². The van der Waals surface area contributed by atoms with Crippen LogP contribution in [0.1, 0.15) is 19.8 Å². The molecule has 1 aliphatic heterocycles. The van der Waals surface area contributed by atoms with Crippen LogP contribution in [0.15, 0.2) is 18.2 Å². The third kappa shape index (κ3) is 5.86. The monoisotopic (exact) mass is 402 g/mol. The zero-order chi connectivity index (χ0) is 19.1. The molecule has 1 heterocycles. The molecule has 2 amide bonds. The number of imide groups is 1. The van der Waals surface area contributed by atoms with E-state index in [1.54, 1.807) is 11.0 Å². The normalized spacial score (nSPS) is 15.3. The SMILES string of the molecule is CCCCN1CC(=O)N(COC(=O)COc2ccc(Cl)cc2Cl)C(=O)C1. The minimum Gasteiger partial charge on any atom is -0.480 e. The van der Waals surface area contributed by atoms with Crippen molar-refractivity contribution >= 4 is 41.0 Å². The molecular weight excluding hydrogens is 383 g/mol. The first-order valence-corrected chi connectivity index (χ1v) is 8.95. The molecule has 0 saturated carbocycles. The minimum atomic E-state index is -0.718. The van der Waals surface area contributed by atoms with Crippen molar-refractivity contribution in [2.24, 2.45) is 0 Å². The number of carbonyl (C=O) groups is 3. The average Bonchev–Trinajstić information content (AvgIpc) is 2.58. The zero-order valence-corrected chi connectivity index (χ0v) is 15.9. The van der Waals surface area contributed by atoms with E-state index in [1.165, 1.54) is 12.1 Å². The highest BCUT2D eigenvalue weighted by atomic mass is 35.5. The van der Waals surface area contributed by atoms with Gasteiger partial charge in [0.15, 0.2) is 13.3 Å². The Balaban J connectivity index is 1.78. The second kappa shape index (κ2) is 9.75. The molecule has 142 valence electrons. The molecule has 9 heteroatoms. The summed E-state index contributed by atoms with van der Waals surface area (Å²) in [5.74, 6) is -1.20. The molecule has 0 aliphatic carbocycles. The fourth-order valence-corrected chi connectivity index (χ4v) is 2.80. The average molecular weight is 403 g/mol. The first kappa shape index (κ1) is 20.5. The minimum absolute atomic E-state index is 0.139. The second-order valence-electron chi connectivity index (χ2n) is 5.79. The summed E-state index contributed by atoms with van der Waals surface area (Å²) in [6.07, 6.45) is 1.90. The standard InChI is InChI=1S/C17H20Cl2N2O5/c1-2-3-6-20-8-15(22)21(16(23)9-20)11-26-17(24)10-25-14-5-4-12(18)7-13(14)19/h4-5,7H,2-3,6,8-11H2,1H3. The molecule has 1 aromatic carbocycles. The Labute approximate surface area is 161 Å². The Kier molecular flexibility index (Phi) is 7.68. The van der Waals surface area contributed by atoms with Crippen LogP contribution >= 0.6 is 23.2 Å². The van der Waals surface area contributed by atoms with Crippen LogP contribution in [0.5, 0.6) is 5.75 Å². The summed E-state index contributed by atoms with van der Waals surface area (Å²) in [6.45, 7) is 2.19. The molecule has 2 rings (SSSR count). The maximum atomic E-state index is 12.1. The van der Waals surface area contributed by atoms with Crippen LogP contribution in [0.2, 0.25) is 10.0 Å². The Hall–Kier alpha value is -1.83. The van der Waals surface area contributed by atoms with E-state index in [0.717, 1.165) is 17.7 Å². The van der Waals surface area contributed by atoms with Crippen LogP contribution in [0.4, 0.5) is 0 Å². The molecule has 0 spiro atoms. The Morgan fingerprint density at radius 3 is 2.50 bits per heavy atom. The van der Waals surface area contributed by atoms with E-state index in [-0.39, 0.29) is 35.7 Å². The number of benzene rings is 1. The van der Waals surface area contributed by atoms with Crippen LogP contribution in [0.25, 0.3) is 0 Å². The Morgan fingerprint density at radius 2 is 1.88 bits per heavy atom. The van der Waals surface area contributed by atoms with Gasteiger partial charge in [-0.25, -0.2) is 9.69 Å². The fourth-order valence-electron chi connectivity index (χ4n) is 2.34. The smallest absolute Gasteiger partial charge is 0.345 e. The van der Waals surface area contributed by atoms with E-state index >= 15 is 0 Å². The highest BCUT2D eigenvalue weighted by Gasteiger charge is 2.31. The van der Waals surface area contributed by atoms with Gasteiger partial charge in [0.2, 0.25) is 11.8 Å². The van der Waals surface area contributed by atoms with Gasteiger partial charge in [-0.2, -0.15) is 0 Å². The molecule has 0 radical (unpaired) electrons. The number of halogens is 2. The molecule has 1 aromatic rings. The van der Waals surface area contributed by atoms with Crippen LogP contribution in [0, 0.1) is 0 Å². The van der Waals surface area contributed by atoms with Gasteiger partial charge in [0, 0.05) is 5.02 Å². The van der Waals surface area contributed by atoms with Crippen molar-refractivity contribution in [2.75, 3.05) is 33.0 Å². The summed E-state index contributed by atoms with van der Waals surface area (Å²) >= 11 is 11.7. The fraction of sp³-hybridized carbons (Fsp3) is 0.471. The van der Waals surface area contributed by atoms with Crippen LogP contribution in [-0.4, -0.2) is 60.6 Å². The van der Waals surface area contributed by atoms with E-state index in [9.17, 15) is 14.4 Å². The lowest BCUT2D eigenvalue weighted by Crippen LogP contribution is -2.54. The number of esters is 1. The first-order valence-electron chi connectivity index (χ1n) is 8.19. The Bertz CT molecular complexity index is 665. The maximum Gasteiger partial charge on any atom is 0.345 e. The summed E-state index contributed by atoms with van der Waals surface area (Å²) in [6, 6.07) is 4.59. The van der Waals surface area contributed by atoms with Crippen molar-refractivity contribution in [3.8, 4) is 5.75 Å².